The summed E-state index contributed by atoms with van der Waals surface area (Å²) >= 11 is 0. The Balaban J connectivity index is 2.24. The van der Waals surface area contributed by atoms with Crippen LogP contribution in [0.3, 0.4) is 0 Å². The third-order valence-corrected chi connectivity index (χ3v) is 2.83. The van der Waals surface area contributed by atoms with Crippen LogP contribution >= 0.6 is 0 Å². The van der Waals surface area contributed by atoms with Crippen molar-refractivity contribution in [3.8, 4) is 0 Å². The molecule has 72 valence electrons. The molecule has 2 heteroatoms. The first-order valence-electron chi connectivity index (χ1n) is 5.10. The second-order valence-electron chi connectivity index (χ2n) is 4.32. The number of hydrogen-bond acceptors (Lipinski definition) is 2. The summed E-state index contributed by atoms with van der Waals surface area (Å²) in [6.07, 6.45) is 6.92. The van der Waals surface area contributed by atoms with Gasteiger partial charge in [-0.1, -0.05) is 19.3 Å². The molecule has 1 rings (SSSR count). The molecule has 12 heavy (non-hydrogen) atoms. The SMILES string of the molecule is CN(C)C[C@@H](N)C1CCCCC1. The van der Waals surface area contributed by atoms with Crippen molar-refractivity contribution in [2.24, 2.45) is 11.7 Å². The summed E-state index contributed by atoms with van der Waals surface area (Å²) in [4.78, 5) is 2.19. The maximum atomic E-state index is 6.11. The van der Waals surface area contributed by atoms with E-state index < -0.39 is 0 Å². The molecule has 0 aliphatic heterocycles. The van der Waals surface area contributed by atoms with E-state index in [1.165, 1.54) is 32.1 Å². The first-order valence-corrected chi connectivity index (χ1v) is 5.10. The van der Waals surface area contributed by atoms with Crippen LogP contribution in [0.2, 0.25) is 0 Å². The lowest BCUT2D eigenvalue weighted by Crippen LogP contribution is -2.40. The lowest BCUT2D eigenvalue weighted by Gasteiger charge is -2.29. The Morgan fingerprint density at radius 1 is 1.25 bits per heavy atom. The van der Waals surface area contributed by atoms with E-state index in [1.54, 1.807) is 0 Å². The van der Waals surface area contributed by atoms with Gasteiger partial charge in [0.1, 0.15) is 0 Å². The average molecular weight is 170 g/mol. The standard InChI is InChI=1S/C10H22N2/c1-12(2)8-10(11)9-6-4-3-5-7-9/h9-10H,3-8,11H2,1-2H3/t10-/m1/s1. The highest BCUT2D eigenvalue weighted by molar-refractivity contribution is 4.77. The summed E-state index contributed by atoms with van der Waals surface area (Å²) in [5.74, 6) is 0.793. The van der Waals surface area contributed by atoms with Crippen molar-refractivity contribution in [3.63, 3.8) is 0 Å². The van der Waals surface area contributed by atoms with Gasteiger partial charge in [-0.15, -0.1) is 0 Å². The molecule has 0 saturated heterocycles. The zero-order valence-electron chi connectivity index (χ0n) is 8.42. The summed E-state index contributed by atoms with van der Waals surface area (Å²) < 4.78 is 0. The van der Waals surface area contributed by atoms with Crippen LogP contribution in [-0.4, -0.2) is 31.6 Å². The van der Waals surface area contributed by atoms with Gasteiger partial charge >= 0.3 is 0 Å². The van der Waals surface area contributed by atoms with Crippen LogP contribution in [-0.2, 0) is 0 Å². The fourth-order valence-corrected chi connectivity index (χ4v) is 2.13. The van der Waals surface area contributed by atoms with Crippen LogP contribution in [0.4, 0.5) is 0 Å². The maximum Gasteiger partial charge on any atom is 0.0196 e. The second-order valence-corrected chi connectivity index (χ2v) is 4.32. The van der Waals surface area contributed by atoms with E-state index in [0.29, 0.717) is 6.04 Å². The zero-order chi connectivity index (χ0) is 8.97. The van der Waals surface area contributed by atoms with Gasteiger partial charge in [-0.25, -0.2) is 0 Å². The predicted molar refractivity (Wildman–Crippen MR) is 53.1 cm³/mol. The van der Waals surface area contributed by atoms with Gasteiger partial charge in [0.05, 0.1) is 0 Å². The minimum Gasteiger partial charge on any atom is -0.326 e. The molecule has 2 nitrogen and oxygen atoms in total. The van der Waals surface area contributed by atoms with E-state index in [0.717, 1.165) is 12.5 Å². The van der Waals surface area contributed by atoms with Crippen LogP contribution in [0.1, 0.15) is 32.1 Å². The van der Waals surface area contributed by atoms with Crippen molar-refractivity contribution in [1.82, 2.24) is 4.90 Å². The Morgan fingerprint density at radius 2 is 1.83 bits per heavy atom. The van der Waals surface area contributed by atoms with Gasteiger partial charge < -0.3 is 10.6 Å². The summed E-state index contributed by atoms with van der Waals surface area (Å²) in [7, 11) is 4.20. The Morgan fingerprint density at radius 3 is 2.33 bits per heavy atom. The van der Waals surface area contributed by atoms with Crippen molar-refractivity contribution < 1.29 is 0 Å². The quantitative estimate of drug-likeness (QED) is 0.694. The number of hydrogen-bond donors (Lipinski definition) is 1. The summed E-state index contributed by atoms with van der Waals surface area (Å²) in [5, 5.41) is 0. The summed E-state index contributed by atoms with van der Waals surface area (Å²) in [6.45, 7) is 1.05. The molecule has 0 amide bonds. The molecule has 1 saturated carbocycles. The van der Waals surface area contributed by atoms with Crippen LogP contribution in [0, 0.1) is 5.92 Å². The molecule has 0 unspecified atom stereocenters. The molecule has 1 aliphatic rings. The van der Waals surface area contributed by atoms with Gasteiger partial charge in [-0.3, -0.25) is 0 Å². The smallest absolute Gasteiger partial charge is 0.0196 e. The molecule has 0 aromatic rings. The van der Waals surface area contributed by atoms with Crippen molar-refractivity contribution in [1.29, 1.82) is 0 Å². The fraction of sp³-hybridized carbons (Fsp3) is 1.00. The van der Waals surface area contributed by atoms with Crippen LogP contribution < -0.4 is 5.73 Å². The highest BCUT2D eigenvalue weighted by atomic mass is 15.1. The first kappa shape index (κ1) is 10.0. The van der Waals surface area contributed by atoms with E-state index in [1.807, 2.05) is 0 Å². The van der Waals surface area contributed by atoms with Crippen molar-refractivity contribution in [3.05, 3.63) is 0 Å². The normalized spacial score (nSPS) is 23.0. The molecule has 0 spiro atoms. The Kier molecular flexibility index (Phi) is 4.02. The highest BCUT2D eigenvalue weighted by Crippen LogP contribution is 2.25. The van der Waals surface area contributed by atoms with Gasteiger partial charge in [0, 0.05) is 12.6 Å². The lowest BCUT2D eigenvalue weighted by atomic mass is 9.84. The van der Waals surface area contributed by atoms with Gasteiger partial charge in [0.2, 0.25) is 0 Å². The zero-order valence-corrected chi connectivity index (χ0v) is 8.42. The molecule has 0 aromatic carbocycles. The maximum absolute atomic E-state index is 6.11. The minimum atomic E-state index is 0.403. The van der Waals surface area contributed by atoms with Gasteiger partial charge in [0.25, 0.3) is 0 Å². The number of rotatable bonds is 3. The van der Waals surface area contributed by atoms with Crippen molar-refractivity contribution in [2.45, 2.75) is 38.1 Å². The van der Waals surface area contributed by atoms with E-state index in [2.05, 4.69) is 19.0 Å². The molecular formula is C10H22N2. The molecular weight excluding hydrogens is 148 g/mol. The number of nitrogens with two attached hydrogens (primary N) is 1. The van der Waals surface area contributed by atoms with E-state index in [4.69, 9.17) is 5.73 Å². The fourth-order valence-electron chi connectivity index (χ4n) is 2.13. The van der Waals surface area contributed by atoms with Crippen molar-refractivity contribution in [2.75, 3.05) is 20.6 Å². The van der Waals surface area contributed by atoms with Crippen LogP contribution in [0.15, 0.2) is 0 Å². The second kappa shape index (κ2) is 4.83. The molecule has 0 radical (unpaired) electrons. The monoisotopic (exact) mass is 170 g/mol. The Labute approximate surface area is 76.1 Å². The topological polar surface area (TPSA) is 29.3 Å². The van der Waals surface area contributed by atoms with Crippen LogP contribution in [0.5, 0.6) is 0 Å². The van der Waals surface area contributed by atoms with Crippen molar-refractivity contribution >= 4 is 0 Å². The molecule has 1 aliphatic carbocycles. The Bertz CT molecular complexity index is 117. The van der Waals surface area contributed by atoms with E-state index >= 15 is 0 Å². The third-order valence-electron chi connectivity index (χ3n) is 2.83. The number of nitrogens with zero attached hydrogens (tertiary/aromatic N) is 1. The van der Waals surface area contributed by atoms with Gasteiger partial charge in [-0.05, 0) is 32.9 Å². The lowest BCUT2D eigenvalue weighted by molar-refractivity contribution is 0.255. The summed E-state index contributed by atoms with van der Waals surface area (Å²) in [5.41, 5.74) is 6.11. The molecule has 2 N–H and O–H groups in total. The largest absolute Gasteiger partial charge is 0.326 e. The summed E-state index contributed by atoms with van der Waals surface area (Å²) in [6, 6.07) is 0.403. The molecule has 1 atom stereocenters. The third kappa shape index (κ3) is 3.11. The number of likely N-dealkylation sites (N-methyl/N-ethyl adjacent to an activating group) is 1. The minimum absolute atomic E-state index is 0.403. The first-order chi connectivity index (χ1) is 5.70. The van der Waals surface area contributed by atoms with Gasteiger partial charge in [0.15, 0.2) is 0 Å². The predicted octanol–water partition coefficient (Wildman–Crippen LogP) is 1.46. The van der Waals surface area contributed by atoms with Crippen LogP contribution in [0.25, 0.3) is 0 Å². The Hall–Kier alpha value is -0.0800. The van der Waals surface area contributed by atoms with Gasteiger partial charge in [-0.2, -0.15) is 0 Å². The molecule has 0 aromatic heterocycles. The molecule has 1 fully saturated rings. The highest BCUT2D eigenvalue weighted by Gasteiger charge is 2.20. The van der Waals surface area contributed by atoms with E-state index in [9.17, 15) is 0 Å². The average Bonchev–Trinajstić information content (AvgIpc) is 2.05. The molecule has 0 heterocycles. The molecule has 0 bridgehead atoms. The van der Waals surface area contributed by atoms with E-state index in [-0.39, 0.29) is 0 Å².